The summed E-state index contributed by atoms with van der Waals surface area (Å²) in [5, 5.41) is 3.01. The minimum absolute atomic E-state index is 0.161. The van der Waals surface area contributed by atoms with Gasteiger partial charge < -0.3 is 10.2 Å². The van der Waals surface area contributed by atoms with E-state index in [4.69, 9.17) is 0 Å². The van der Waals surface area contributed by atoms with E-state index >= 15 is 0 Å². The Hall–Kier alpha value is -2.22. The van der Waals surface area contributed by atoms with Gasteiger partial charge in [-0.05, 0) is 38.1 Å². The lowest BCUT2D eigenvalue weighted by Gasteiger charge is -2.27. The van der Waals surface area contributed by atoms with Crippen molar-refractivity contribution in [3.8, 4) is 0 Å². The highest BCUT2D eigenvalue weighted by Gasteiger charge is 2.23. The van der Waals surface area contributed by atoms with Gasteiger partial charge in [-0.1, -0.05) is 30.3 Å². The van der Waals surface area contributed by atoms with E-state index < -0.39 is 10.0 Å². The number of likely N-dealkylation sites (N-methyl/N-ethyl adjacent to an activating group) is 1. The summed E-state index contributed by atoms with van der Waals surface area (Å²) in [7, 11) is -0.538. The molecule has 0 aliphatic heterocycles. The van der Waals surface area contributed by atoms with Crippen LogP contribution in [-0.4, -0.2) is 52.4 Å². The average molecular weight is 405 g/mol. The van der Waals surface area contributed by atoms with E-state index in [0.717, 1.165) is 17.4 Å². The summed E-state index contributed by atoms with van der Waals surface area (Å²) in [5.74, 6) is -0.207. The molecule has 0 bridgehead atoms. The Balaban J connectivity index is 2.12. The normalized spacial score (nSPS) is 12.9. The molecule has 0 spiro atoms. The number of amides is 1. The van der Waals surface area contributed by atoms with Crippen molar-refractivity contribution in [2.45, 2.75) is 24.8 Å². The maximum Gasteiger partial charge on any atom is 0.251 e. The molecular formula is C21H30N3O3S+. The predicted molar refractivity (Wildman–Crippen MR) is 111 cm³/mol. The third-order valence-corrected chi connectivity index (χ3v) is 6.79. The van der Waals surface area contributed by atoms with Crippen LogP contribution in [0, 0.1) is 0 Å². The fourth-order valence-corrected chi connectivity index (χ4v) is 4.11. The van der Waals surface area contributed by atoms with Gasteiger partial charge in [-0.25, -0.2) is 12.7 Å². The number of hydrogen-bond donors (Lipinski definition) is 2. The Morgan fingerprint density at radius 3 is 2.07 bits per heavy atom. The molecule has 0 aliphatic rings. The molecule has 7 heteroatoms. The van der Waals surface area contributed by atoms with E-state index in [1.54, 1.807) is 12.1 Å². The highest BCUT2D eigenvalue weighted by Crippen LogP contribution is 2.14. The van der Waals surface area contributed by atoms with Crippen LogP contribution in [0.4, 0.5) is 0 Å². The minimum Gasteiger partial charge on any atom is -0.346 e. The fourth-order valence-electron chi connectivity index (χ4n) is 3.21. The van der Waals surface area contributed by atoms with E-state index in [2.05, 4.69) is 31.3 Å². The molecule has 0 fully saturated rings. The molecular weight excluding hydrogens is 374 g/mol. The van der Waals surface area contributed by atoms with Crippen molar-refractivity contribution < 1.29 is 18.1 Å². The van der Waals surface area contributed by atoms with Crippen LogP contribution < -0.4 is 10.2 Å². The van der Waals surface area contributed by atoms with Crippen molar-refractivity contribution >= 4 is 15.9 Å². The maximum atomic E-state index is 12.6. The molecule has 0 saturated carbocycles. The second kappa shape index (κ2) is 9.82. The summed E-state index contributed by atoms with van der Waals surface area (Å²) in [6.45, 7) is 6.71. The highest BCUT2D eigenvalue weighted by molar-refractivity contribution is 7.89. The van der Waals surface area contributed by atoms with Crippen molar-refractivity contribution in [1.29, 1.82) is 0 Å². The van der Waals surface area contributed by atoms with Crippen LogP contribution in [0.1, 0.15) is 35.8 Å². The number of quaternary nitrogens is 1. The molecule has 2 N–H and O–H groups in total. The predicted octanol–water partition coefficient (Wildman–Crippen LogP) is 1.33. The molecule has 0 aliphatic carbocycles. The summed E-state index contributed by atoms with van der Waals surface area (Å²) < 4.78 is 25.4. The molecule has 152 valence electrons. The Labute approximate surface area is 168 Å². The number of benzene rings is 2. The van der Waals surface area contributed by atoms with Gasteiger partial charge in [-0.15, -0.1) is 0 Å². The van der Waals surface area contributed by atoms with Crippen LogP contribution >= 0.6 is 0 Å². The summed E-state index contributed by atoms with van der Waals surface area (Å²) >= 11 is 0. The monoisotopic (exact) mass is 404 g/mol. The number of hydrogen-bond acceptors (Lipinski definition) is 3. The van der Waals surface area contributed by atoms with E-state index in [1.807, 2.05) is 18.2 Å². The third-order valence-electron chi connectivity index (χ3n) is 4.96. The molecule has 2 rings (SSSR count). The van der Waals surface area contributed by atoms with E-state index in [0.29, 0.717) is 12.1 Å². The fraction of sp³-hybridized carbons (Fsp3) is 0.381. The van der Waals surface area contributed by atoms with Crippen LogP contribution in [0.3, 0.4) is 0 Å². The highest BCUT2D eigenvalue weighted by atomic mass is 32.2. The first-order chi connectivity index (χ1) is 13.3. The first-order valence-electron chi connectivity index (χ1n) is 9.51. The molecule has 0 aromatic heterocycles. The van der Waals surface area contributed by atoms with Crippen molar-refractivity contribution in [2.75, 3.05) is 33.7 Å². The number of carbonyl (C=O) groups is 1. The van der Waals surface area contributed by atoms with Gasteiger partial charge in [-0.2, -0.15) is 0 Å². The number of carbonyl (C=O) groups excluding carboxylic acids is 1. The molecule has 2 aromatic rings. The van der Waals surface area contributed by atoms with Crippen LogP contribution in [0.5, 0.6) is 0 Å². The van der Waals surface area contributed by atoms with Gasteiger partial charge in [0.1, 0.15) is 6.04 Å². The largest absolute Gasteiger partial charge is 0.346 e. The van der Waals surface area contributed by atoms with Crippen molar-refractivity contribution in [2.24, 2.45) is 0 Å². The second-order valence-electron chi connectivity index (χ2n) is 6.85. The van der Waals surface area contributed by atoms with Gasteiger partial charge in [0, 0.05) is 25.2 Å². The standard InChI is InChI=1S/C21H29N3O3S/c1-5-24(6-2)20(17-10-8-7-9-11-17)16-22-21(25)18-12-14-19(15-13-18)28(26,27)23(3)4/h7-15,20H,5-6,16H2,1-4H3,(H,22,25)/p+1/t20-/m1/s1. The van der Waals surface area contributed by atoms with Crippen LogP contribution in [0.2, 0.25) is 0 Å². The Morgan fingerprint density at radius 2 is 1.57 bits per heavy atom. The SMILES string of the molecule is CC[NH+](CC)[C@H](CNC(=O)c1ccc(S(=O)(=O)N(C)C)cc1)c1ccccc1. The first-order valence-corrected chi connectivity index (χ1v) is 11.0. The number of sulfonamides is 1. The maximum absolute atomic E-state index is 12.6. The molecule has 0 saturated heterocycles. The van der Waals surface area contributed by atoms with Crippen LogP contribution in [-0.2, 0) is 10.0 Å². The molecule has 1 amide bonds. The smallest absolute Gasteiger partial charge is 0.251 e. The minimum atomic E-state index is -3.50. The number of nitrogens with one attached hydrogen (secondary N) is 2. The summed E-state index contributed by atoms with van der Waals surface area (Å²) in [6.07, 6.45) is 0. The summed E-state index contributed by atoms with van der Waals surface area (Å²) in [6, 6.07) is 16.4. The van der Waals surface area contributed by atoms with E-state index in [1.165, 1.54) is 36.7 Å². The number of nitrogens with zero attached hydrogens (tertiary/aromatic N) is 1. The van der Waals surface area contributed by atoms with Gasteiger partial charge in [0.2, 0.25) is 10.0 Å². The molecule has 0 radical (unpaired) electrons. The summed E-state index contributed by atoms with van der Waals surface area (Å²) in [5.41, 5.74) is 1.63. The molecule has 6 nitrogen and oxygen atoms in total. The van der Waals surface area contributed by atoms with Crippen LogP contribution in [0.15, 0.2) is 59.5 Å². The van der Waals surface area contributed by atoms with E-state index in [9.17, 15) is 13.2 Å². The zero-order valence-electron chi connectivity index (χ0n) is 17.0. The second-order valence-corrected chi connectivity index (χ2v) is 9.00. The average Bonchev–Trinajstić information content (AvgIpc) is 2.71. The lowest BCUT2D eigenvalue weighted by molar-refractivity contribution is -0.927. The van der Waals surface area contributed by atoms with Crippen molar-refractivity contribution in [3.05, 3.63) is 65.7 Å². The van der Waals surface area contributed by atoms with Gasteiger partial charge in [0.15, 0.2) is 0 Å². The van der Waals surface area contributed by atoms with Crippen molar-refractivity contribution in [1.82, 2.24) is 9.62 Å². The van der Waals surface area contributed by atoms with Crippen molar-refractivity contribution in [3.63, 3.8) is 0 Å². The zero-order valence-corrected chi connectivity index (χ0v) is 17.8. The molecule has 0 unspecified atom stereocenters. The topological polar surface area (TPSA) is 70.9 Å². The van der Waals surface area contributed by atoms with Gasteiger partial charge in [-0.3, -0.25) is 4.79 Å². The lowest BCUT2D eigenvalue weighted by atomic mass is 10.0. The van der Waals surface area contributed by atoms with E-state index in [-0.39, 0.29) is 16.8 Å². The van der Waals surface area contributed by atoms with Gasteiger partial charge >= 0.3 is 0 Å². The molecule has 1 atom stereocenters. The van der Waals surface area contributed by atoms with Gasteiger partial charge in [0.05, 0.1) is 24.5 Å². The summed E-state index contributed by atoms with van der Waals surface area (Å²) in [4.78, 5) is 14.2. The Morgan fingerprint density at radius 1 is 1.00 bits per heavy atom. The Bertz CT molecular complexity index is 862. The quantitative estimate of drug-likeness (QED) is 0.663. The molecule has 0 heterocycles. The number of rotatable bonds is 9. The first kappa shape index (κ1) is 22.1. The van der Waals surface area contributed by atoms with Crippen LogP contribution in [0.25, 0.3) is 0 Å². The molecule has 28 heavy (non-hydrogen) atoms. The zero-order chi connectivity index (χ0) is 20.7. The third kappa shape index (κ3) is 5.19. The Kier molecular flexibility index (Phi) is 7.74. The molecule has 2 aromatic carbocycles. The lowest BCUT2D eigenvalue weighted by Crippen LogP contribution is -3.12. The van der Waals surface area contributed by atoms with Gasteiger partial charge in [0.25, 0.3) is 5.91 Å².